The molecule has 0 atom stereocenters. The number of esters is 1. The Kier molecular flexibility index (Phi) is 7.88. The van der Waals surface area contributed by atoms with Gasteiger partial charge in [-0.2, -0.15) is 5.10 Å². The molecule has 7 nitrogen and oxygen atoms in total. The second-order valence-corrected chi connectivity index (χ2v) is 9.27. The van der Waals surface area contributed by atoms with Gasteiger partial charge in [-0.25, -0.2) is 4.79 Å². The van der Waals surface area contributed by atoms with Crippen molar-refractivity contribution in [1.82, 2.24) is 14.7 Å². The van der Waals surface area contributed by atoms with Crippen molar-refractivity contribution < 1.29 is 19.1 Å². The highest BCUT2D eigenvalue weighted by Gasteiger charge is 2.32. The van der Waals surface area contributed by atoms with Gasteiger partial charge in [0.1, 0.15) is 5.75 Å². The first-order valence-electron chi connectivity index (χ1n) is 12.2. The monoisotopic (exact) mass is 487 g/mol. The number of rotatable bonds is 10. The summed E-state index contributed by atoms with van der Waals surface area (Å²) in [6.07, 6.45) is 5.03. The minimum Gasteiger partial charge on any atom is -0.497 e. The lowest BCUT2D eigenvalue weighted by molar-refractivity contribution is -0.148. The Labute approximate surface area is 212 Å². The lowest BCUT2D eigenvalue weighted by atomic mass is 10.1. The van der Waals surface area contributed by atoms with E-state index in [9.17, 15) is 9.59 Å². The smallest absolute Gasteiger partial charge is 0.331 e. The molecule has 0 N–H and O–H groups in total. The van der Waals surface area contributed by atoms with Crippen LogP contribution in [0, 0.1) is 20.8 Å². The molecule has 7 heteroatoms. The molecule has 1 heterocycles. The van der Waals surface area contributed by atoms with Gasteiger partial charge in [0.25, 0.3) is 5.91 Å². The predicted octanol–water partition coefficient (Wildman–Crippen LogP) is 4.61. The molecule has 0 aliphatic heterocycles. The Bertz CT molecular complexity index is 1240. The Hall–Kier alpha value is -3.87. The van der Waals surface area contributed by atoms with Gasteiger partial charge in [-0.15, -0.1) is 0 Å². The SMILES string of the molecule is COc1ccc(CN(C(=O)COC(=O)/C=C/c2c(C)nn(Cc3ccc(C)cc3)c2C)C2CC2)cc1. The highest BCUT2D eigenvalue weighted by Crippen LogP contribution is 2.29. The third-order valence-electron chi connectivity index (χ3n) is 6.43. The van der Waals surface area contributed by atoms with E-state index < -0.39 is 5.97 Å². The van der Waals surface area contributed by atoms with Gasteiger partial charge in [0.05, 0.1) is 19.3 Å². The van der Waals surface area contributed by atoms with E-state index >= 15 is 0 Å². The van der Waals surface area contributed by atoms with E-state index in [1.165, 1.54) is 11.6 Å². The number of benzene rings is 2. The van der Waals surface area contributed by atoms with Gasteiger partial charge in [-0.05, 0) is 62.9 Å². The summed E-state index contributed by atoms with van der Waals surface area (Å²) in [6.45, 7) is 6.83. The fourth-order valence-electron chi connectivity index (χ4n) is 4.12. The van der Waals surface area contributed by atoms with Crippen LogP contribution >= 0.6 is 0 Å². The summed E-state index contributed by atoms with van der Waals surface area (Å²) in [5.41, 5.74) is 6.07. The number of hydrogen-bond acceptors (Lipinski definition) is 5. The number of nitrogens with zero attached hydrogens (tertiary/aromatic N) is 3. The van der Waals surface area contributed by atoms with E-state index in [4.69, 9.17) is 9.47 Å². The maximum absolute atomic E-state index is 12.8. The number of carbonyl (C=O) groups is 2. The number of hydrogen-bond donors (Lipinski definition) is 0. The topological polar surface area (TPSA) is 73.7 Å². The average molecular weight is 488 g/mol. The van der Waals surface area contributed by atoms with Crippen molar-refractivity contribution in [2.75, 3.05) is 13.7 Å². The number of amides is 1. The molecule has 2 aromatic carbocycles. The minimum absolute atomic E-state index is 0.187. The third-order valence-corrected chi connectivity index (χ3v) is 6.43. The molecule has 3 aromatic rings. The Morgan fingerprint density at radius 3 is 2.33 bits per heavy atom. The molecule has 1 fully saturated rings. The number of carbonyl (C=O) groups excluding carboxylic acids is 2. The van der Waals surface area contributed by atoms with Gasteiger partial charge in [-0.1, -0.05) is 42.0 Å². The fraction of sp³-hybridized carbons (Fsp3) is 0.345. The van der Waals surface area contributed by atoms with Gasteiger partial charge >= 0.3 is 5.97 Å². The summed E-state index contributed by atoms with van der Waals surface area (Å²) < 4.78 is 12.4. The minimum atomic E-state index is -0.548. The van der Waals surface area contributed by atoms with Gasteiger partial charge in [-0.3, -0.25) is 9.48 Å². The van der Waals surface area contributed by atoms with Crippen LogP contribution in [0.4, 0.5) is 0 Å². The van der Waals surface area contributed by atoms with Crippen molar-refractivity contribution in [1.29, 1.82) is 0 Å². The Morgan fingerprint density at radius 2 is 1.69 bits per heavy atom. The van der Waals surface area contributed by atoms with Crippen molar-refractivity contribution >= 4 is 18.0 Å². The molecule has 1 amide bonds. The second-order valence-electron chi connectivity index (χ2n) is 9.27. The summed E-state index contributed by atoms with van der Waals surface area (Å²) >= 11 is 0. The molecule has 0 unspecified atom stereocenters. The van der Waals surface area contributed by atoms with Crippen LogP contribution in [0.3, 0.4) is 0 Å². The van der Waals surface area contributed by atoms with E-state index in [1.807, 2.05) is 42.8 Å². The highest BCUT2D eigenvalue weighted by molar-refractivity contribution is 5.89. The van der Waals surface area contributed by atoms with Crippen molar-refractivity contribution in [3.05, 3.63) is 88.2 Å². The molecule has 1 aliphatic carbocycles. The maximum atomic E-state index is 12.8. The predicted molar refractivity (Wildman–Crippen MR) is 139 cm³/mol. The number of aromatic nitrogens is 2. The van der Waals surface area contributed by atoms with Crippen LogP contribution in [-0.4, -0.2) is 46.3 Å². The van der Waals surface area contributed by atoms with Crippen molar-refractivity contribution in [2.45, 2.75) is 52.7 Å². The third kappa shape index (κ3) is 6.42. The Morgan fingerprint density at radius 1 is 1.03 bits per heavy atom. The molecule has 188 valence electrons. The molecule has 1 aliphatic rings. The summed E-state index contributed by atoms with van der Waals surface area (Å²) in [5.74, 6) is 0.0388. The molecule has 4 rings (SSSR count). The summed E-state index contributed by atoms with van der Waals surface area (Å²) in [4.78, 5) is 27.0. The lowest BCUT2D eigenvalue weighted by Crippen LogP contribution is -2.35. The standard InChI is InChI=1S/C29H33N3O4/c1-20-5-7-24(8-6-20)18-32-22(3)27(21(2)30-32)15-16-29(34)36-19-28(33)31(25-11-12-25)17-23-9-13-26(35-4)14-10-23/h5-10,13-16,25H,11-12,17-19H2,1-4H3/b16-15+. The number of methoxy groups -OCH3 is 1. The first-order valence-corrected chi connectivity index (χ1v) is 12.2. The van der Waals surface area contributed by atoms with Crippen molar-refractivity contribution in [2.24, 2.45) is 0 Å². The largest absolute Gasteiger partial charge is 0.497 e. The number of aryl methyl sites for hydroxylation is 2. The van der Waals surface area contributed by atoms with Crippen LogP contribution in [-0.2, 0) is 27.4 Å². The quantitative estimate of drug-likeness (QED) is 0.308. The van der Waals surface area contributed by atoms with E-state index in [1.54, 1.807) is 18.1 Å². The second kappa shape index (κ2) is 11.2. The van der Waals surface area contributed by atoms with Crippen LogP contribution in [0.5, 0.6) is 5.75 Å². The van der Waals surface area contributed by atoms with Crippen molar-refractivity contribution in [3.8, 4) is 5.75 Å². The molecule has 1 saturated carbocycles. The van der Waals surface area contributed by atoms with Crippen LogP contribution in [0.1, 0.15) is 46.5 Å². The highest BCUT2D eigenvalue weighted by atomic mass is 16.5. The van der Waals surface area contributed by atoms with E-state index in [0.29, 0.717) is 13.1 Å². The van der Waals surface area contributed by atoms with Gasteiger partial charge < -0.3 is 14.4 Å². The molecule has 0 radical (unpaired) electrons. The van der Waals surface area contributed by atoms with Gasteiger partial charge in [0.2, 0.25) is 0 Å². The van der Waals surface area contributed by atoms with Crippen LogP contribution in [0.15, 0.2) is 54.6 Å². The molecule has 0 saturated heterocycles. The molecule has 1 aromatic heterocycles. The number of ether oxygens (including phenoxy) is 2. The molecule has 0 bridgehead atoms. The van der Waals surface area contributed by atoms with E-state index in [-0.39, 0.29) is 18.6 Å². The first-order chi connectivity index (χ1) is 17.3. The van der Waals surface area contributed by atoms with Crippen LogP contribution in [0.2, 0.25) is 0 Å². The molecular weight excluding hydrogens is 454 g/mol. The normalized spacial score (nSPS) is 13.1. The summed E-state index contributed by atoms with van der Waals surface area (Å²) in [5, 5.41) is 4.62. The van der Waals surface area contributed by atoms with Crippen LogP contribution in [0.25, 0.3) is 6.08 Å². The molecular formula is C29H33N3O4. The maximum Gasteiger partial charge on any atom is 0.331 e. The fourth-order valence-corrected chi connectivity index (χ4v) is 4.12. The summed E-state index contributed by atoms with van der Waals surface area (Å²) in [7, 11) is 1.62. The molecule has 36 heavy (non-hydrogen) atoms. The van der Waals surface area contributed by atoms with Gasteiger partial charge in [0, 0.05) is 29.9 Å². The van der Waals surface area contributed by atoms with E-state index in [0.717, 1.165) is 46.7 Å². The van der Waals surface area contributed by atoms with E-state index in [2.05, 4.69) is 36.3 Å². The first kappa shape index (κ1) is 25.2. The van der Waals surface area contributed by atoms with Crippen LogP contribution < -0.4 is 4.74 Å². The zero-order valence-electron chi connectivity index (χ0n) is 21.4. The zero-order chi connectivity index (χ0) is 25.7. The van der Waals surface area contributed by atoms with Gasteiger partial charge in [0.15, 0.2) is 6.61 Å². The molecule has 0 spiro atoms. The lowest BCUT2D eigenvalue weighted by Gasteiger charge is -2.22. The average Bonchev–Trinajstić information content (AvgIpc) is 3.68. The Balaban J connectivity index is 1.33. The summed E-state index contributed by atoms with van der Waals surface area (Å²) in [6, 6.07) is 16.2. The zero-order valence-corrected chi connectivity index (χ0v) is 21.4. The van der Waals surface area contributed by atoms with Crippen molar-refractivity contribution in [3.63, 3.8) is 0 Å².